The number of H-pyrrole nitrogens is 5. The van der Waals surface area contributed by atoms with Crippen molar-refractivity contribution < 1.29 is 28.8 Å². The zero-order chi connectivity index (χ0) is 69.9. The first-order valence-electron chi connectivity index (χ1n) is 32.1. The number of benzene rings is 1. The Morgan fingerprint density at radius 2 is 0.684 bits per heavy atom. The van der Waals surface area contributed by atoms with Gasteiger partial charge in [-0.05, 0) is 53.2 Å². The fourth-order valence-electron chi connectivity index (χ4n) is 14.4. The standard InChI is InChI=1S/C62H74N20O16/c1-30-16-77(58(94)68-51(30)87)35-11-43(63-15-35)64-47(83)27-74-22-38(79-18-32(3)53(89)70-60(79)96)13-45(74)66-49(85)29-76-24-40(81-20-34(5)55(91)72-62(81)98)14-46(76)67-50(86)28-75-23-39(80-19-33(4)54(90)71-61(80)97)12-44(75)65-48(84)26-73-21-37(78-17-31(2)52(88)69-59(78)95)10-36(73)25-82-56(92)41-8-6-7-9-42(41)57(82)93/h6-9,16-20,35-40,43-46,63H,10-15,21-29H2,1-5H3,(H,64,83)(H,65,84)(H,66,85)(H,67,86)(H,68,87,94)(H,69,88,95)(H,70,89,96)(H,71,90,97)(H,72,91,98)/t35-,36-,37-,38-,39-,40-,43+,44-,45-,46-/m1/s1. The van der Waals surface area contributed by atoms with E-state index >= 15 is 0 Å². The zero-order valence-electron chi connectivity index (χ0n) is 54.1. The van der Waals surface area contributed by atoms with Crippen molar-refractivity contribution in [2.45, 2.75) is 128 Å². The largest absolute Gasteiger partial charge is 0.340 e. The third-order valence-corrected chi connectivity index (χ3v) is 19.4. The van der Waals surface area contributed by atoms with E-state index in [0.29, 0.717) is 5.56 Å². The molecule has 0 bridgehead atoms. The highest BCUT2D eigenvalue weighted by atomic mass is 16.2. The molecule has 518 valence electrons. The normalized spacial score (nSPS) is 24.4. The van der Waals surface area contributed by atoms with Crippen LogP contribution in [0.25, 0.3) is 0 Å². The monoisotopic (exact) mass is 1350 g/mol. The van der Waals surface area contributed by atoms with Crippen LogP contribution in [0.4, 0.5) is 0 Å². The Balaban J connectivity index is 0.771. The first kappa shape index (κ1) is 67.4. The van der Waals surface area contributed by atoms with E-state index in [1.165, 1.54) is 81.5 Å². The van der Waals surface area contributed by atoms with E-state index < -0.39 is 166 Å². The van der Waals surface area contributed by atoms with Crippen molar-refractivity contribution in [1.29, 1.82) is 0 Å². The van der Waals surface area contributed by atoms with E-state index in [0.717, 1.165) is 4.90 Å². The first-order chi connectivity index (χ1) is 46.6. The van der Waals surface area contributed by atoms with Gasteiger partial charge in [-0.2, -0.15) is 0 Å². The molecule has 0 spiro atoms. The summed E-state index contributed by atoms with van der Waals surface area (Å²) >= 11 is 0. The van der Waals surface area contributed by atoms with Crippen molar-refractivity contribution in [3.05, 3.63) is 198 Å². The molecule has 0 radical (unpaired) electrons. The fourth-order valence-corrected chi connectivity index (χ4v) is 14.4. The molecule has 6 aliphatic rings. The molecule has 10 atom stereocenters. The van der Waals surface area contributed by atoms with Crippen LogP contribution in [0.1, 0.15) is 111 Å². The Morgan fingerprint density at radius 1 is 0.388 bits per heavy atom. The molecule has 0 aliphatic carbocycles. The number of likely N-dealkylation sites (tertiary alicyclic amines) is 4. The summed E-state index contributed by atoms with van der Waals surface area (Å²) in [6.45, 7) is 6.28. The van der Waals surface area contributed by atoms with Gasteiger partial charge in [0.1, 0.15) is 0 Å². The second-order valence-corrected chi connectivity index (χ2v) is 26.3. The molecule has 1 aromatic carbocycles. The van der Waals surface area contributed by atoms with E-state index in [2.05, 4.69) is 51.5 Å². The molecule has 10 N–H and O–H groups in total. The van der Waals surface area contributed by atoms with Crippen molar-refractivity contribution >= 4 is 35.4 Å². The lowest BCUT2D eigenvalue weighted by Crippen LogP contribution is -2.55. The summed E-state index contributed by atoms with van der Waals surface area (Å²) < 4.78 is 6.66. The minimum absolute atomic E-state index is 0.0154. The van der Waals surface area contributed by atoms with Crippen LogP contribution in [0.2, 0.25) is 0 Å². The summed E-state index contributed by atoms with van der Waals surface area (Å²) in [4.78, 5) is 233. The summed E-state index contributed by atoms with van der Waals surface area (Å²) in [6.07, 6.45) is 4.09. The lowest BCUT2D eigenvalue weighted by atomic mass is 10.1. The molecule has 6 amide bonds. The molecule has 11 heterocycles. The van der Waals surface area contributed by atoms with Crippen LogP contribution < -0.4 is 82.8 Å². The Bertz CT molecular complexity index is 4840. The molecule has 5 aromatic heterocycles. The number of amides is 6. The molecule has 6 aromatic rings. The van der Waals surface area contributed by atoms with Gasteiger partial charge in [0.2, 0.25) is 23.6 Å². The van der Waals surface area contributed by atoms with Crippen molar-refractivity contribution in [1.82, 2.24) is 98.8 Å². The lowest BCUT2D eigenvalue weighted by Gasteiger charge is -2.30. The number of rotatable bonds is 19. The molecule has 0 unspecified atom stereocenters. The van der Waals surface area contributed by atoms with Crippen LogP contribution in [0.15, 0.2) is 103 Å². The third-order valence-electron chi connectivity index (χ3n) is 19.4. The maximum absolute atomic E-state index is 14.8. The zero-order valence-corrected chi connectivity index (χ0v) is 54.1. The van der Waals surface area contributed by atoms with Crippen LogP contribution in [0.5, 0.6) is 0 Å². The maximum Gasteiger partial charge on any atom is 0.328 e. The van der Waals surface area contributed by atoms with Crippen LogP contribution in [-0.2, 0) is 19.2 Å². The number of aromatic amines is 5. The SMILES string of the molecule is Cc1cn([C@@H]2C[C@H](CN3C(=O)c4ccccc4C3=O)N(CC(=O)N[C@H]3C[C@@H](n4cc(C)c(=O)[nH]c4=O)CN3CC(=O)N[C@H]3C[C@@H](n4cc(C)c(=O)[nH]c4=O)CN3CC(=O)N[C@H]3C[C@@H](n4cc(C)c(=O)[nH]c4=O)CN3CC(=O)N[C@H]3C[C@@H](n4cc(C)c(=O)[nH]c4=O)CN3)C2)c(=O)[nH]c1=O. The van der Waals surface area contributed by atoms with Crippen LogP contribution >= 0.6 is 0 Å². The maximum atomic E-state index is 14.8. The highest BCUT2D eigenvalue weighted by Gasteiger charge is 2.45. The molecule has 5 fully saturated rings. The summed E-state index contributed by atoms with van der Waals surface area (Å²) in [5.74, 6) is -3.39. The van der Waals surface area contributed by atoms with Gasteiger partial charge in [0.25, 0.3) is 39.6 Å². The number of aromatic nitrogens is 10. The minimum atomic E-state index is -0.992. The molecular weight excluding hydrogens is 1280 g/mol. The van der Waals surface area contributed by atoms with Gasteiger partial charge in [-0.25, -0.2) is 24.0 Å². The van der Waals surface area contributed by atoms with E-state index in [1.54, 1.807) is 50.8 Å². The Hall–Kier alpha value is -10.6. The predicted molar refractivity (Wildman–Crippen MR) is 346 cm³/mol. The second kappa shape index (κ2) is 27.2. The Kier molecular flexibility index (Phi) is 18.7. The van der Waals surface area contributed by atoms with E-state index in [4.69, 9.17) is 0 Å². The fraction of sp³-hybridized carbons (Fsp3) is 0.484. The molecular formula is C62H74N20O16. The number of fused-ring (bicyclic) bond motifs is 1. The number of imide groups is 1. The number of hydrogen-bond acceptors (Lipinski definition) is 21. The minimum Gasteiger partial charge on any atom is -0.340 e. The highest BCUT2D eigenvalue weighted by molar-refractivity contribution is 6.21. The van der Waals surface area contributed by atoms with E-state index in [-0.39, 0.29) is 118 Å². The van der Waals surface area contributed by atoms with Crippen LogP contribution in [0.3, 0.4) is 0 Å². The number of nitrogens with one attached hydrogen (secondary N) is 10. The number of hydrogen-bond donors (Lipinski definition) is 10. The summed E-state index contributed by atoms with van der Waals surface area (Å²) in [5.41, 5.74) is -4.79. The summed E-state index contributed by atoms with van der Waals surface area (Å²) in [6, 6.07) is 2.47. The van der Waals surface area contributed by atoms with Crippen LogP contribution in [-0.4, -0.2) is 204 Å². The quantitative estimate of drug-likeness (QED) is 0.0338. The number of nitrogens with zero attached hydrogens (tertiary/aromatic N) is 10. The Labute approximate surface area is 552 Å². The first-order valence-corrected chi connectivity index (χ1v) is 32.1. The average Bonchev–Trinajstić information content (AvgIpc) is 1.63. The third kappa shape index (κ3) is 13.9. The smallest absolute Gasteiger partial charge is 0.328 e. The van der Waals surface area contributed by atoms with Crippen LogP contribution in [0, 0.1) is 34.6 Å². The van der Waals surface area contributed by atoms with Gasteiger partial charge in [-0.3, -0.25) is 130 Å². The number of carbonyl (C=O) groups is 6. The van der Waals surface area contributed by atoms with Crippen molar-refractivity contribution in [2.24, 2.45) is 0 Å². The summed E-state index contributed by atoms with van der Waals surface area (Å²) in [5, 5.41) is 15.1. The van der Waals surface area contributed by atoms with Crippen molar-refractivity contribution in [2.75, 3.05) is 65.4 Å². The van der Waals surface area contributed by atoms with Crippen molar-refractivity contribution in [3.63, 3.8) is 0 Å². The highest BCUT2D eigenvalue weighted by Crippen LogP contribution is 2.32. The molecule has 98 heavy (non-hydrogen) atoms. The van der Waals surface area contributed by atoms with Gasteiger partial charge < -0.3 is 21.3 Å². The van der Waals surface area contributed by atoms with Gasteiger partial charge in [-0.15, -0.1) is 0 Å². The van der Waals surface area contributed by atoms with Gasteiger partial charge in [-0.1, -0.05) is 12.1 Å². The molecule has 0 saturated carbocycles. The molecule has 36 nitrogen and oxygen atoms in total. The van der Waals surface area contributed by atoms with Crippen molar-refractivity contribution in [3.8, 4) is 0 Å². The topological polar surface area (TPSA) is 453 Å². The van der Waals surface area contributed by atoms with Gasteiger partial charge in [0.05, 0.1) is 92.2 Å². The van der Waals surface area contributed by atoms with E-state index in [9.17, 15) is 76.7 Å². The summed E-state index contributed by atoms with van der Waals surface area (Å²) in [7, 11) is 0. The number of aryl methyl sites for hydroxylation is 5. The molecule has 12 rings (SSSR count). The van der Waals surface area contributed by atoms with Gasteiger partial charge >= 0.3 is 28.4 Å². The second-order valence-electron chi connectivity index (χ2n) is 26.3. The lowest BCUT2D eigenvalue weighted by molar-refractivity contribution is -0.129. The van der Waals surface area contributed by atoms with Gasteiger partial charge in [0.15, 0.2) is 0 Å². The number of carbonyl (C=O) groups excluding carboxylic acids is 6. The van der Waals surface area contributed by atoms with E-state index in [1.807, 2.05) is 0 Å². The van der Waals surface area contributed by atoms with Gasteiger partial charge in [0, 0.05) is 130 Å². The molecule has 5 saturated heterocycles. The predicted octanol–water partition coefficient (Wildman–Crippen LogP) is -5.76. The average molecular weight is 1360 g/mol. The Morgan fingerprint density at radius 3 is 1.03 bits per heavy atom. The molecule has 36 heteroatoms. The molecule has 6 aliphatic heterocycles.